The molecule has 0 saturated carbocycles. The number of fused-ring (bicyclic) bond motifs is 5. The van der Waals surface area contributed by atoms with Crippen LogP contribution in [0.1, 0.15) is 71.1 Å². The van der Waals surface area contributed by atoms with Crippen LogP contribution in [0.5, 0.6) is 5.75 Å². The van der Waals surface area contributed by atoms with Gasteiger partial charge in [0.2, 0.25) is 5.60 Å². The normalized spacial score (nSPS) is 16.9. The summed E-state index contributed by atoms with van der Waals surface area (Å²) in [4.78, 5) is 69.4. The second-order valence-electron chi connectivity index (χ2n) is 13.5. The number of alkyl carbamates (subject to hydrolysis) is 1. The van der Waals surface area contributed by atoms with Gasteiger partial charge in [0, 0.05) is 24.4 Å². The highest BCUT2D eigenvalue weighted by molar-refractivity contribution is 6.91. The Morgan fingerprint density at radius 3 is 2.47 bits per heavy atom. The van der Waals surface area contributed by atoms with Crippen molar-refractivity contribution < 1.29 is 38.1 Å². The van der Waals surface area contributed by atoms with E-state index in [1.165, 1.54) is 6.92 Å². The Morgan fingerprint density at radius 1 is 1.11 bits per heavy atom. The molecule has 2 aromatic heterocycles. The van der Waals surface area contributed by atoms with E-state index in [1.54, 1.807) is 50.5 Å². The van der Waals surface area contributed by atoms with Gasteiger partial charge in [0.1, 0.15) is 18.0 Å². The SMILES string of the molecule is CC[C@@]1(OC(=O)CCNC(=O)OC(C)(C)C)C(=O)OCc2c1cc1n(c2=O)Cc2c-1nc1ccc(OC(C)=O)cc1c2[Si](C)(C)CC. The number of rotatable bonds is 8. The van der Waals surface area contributed by atoms with E-state index in [0.29, 0.717) is 22.7 Å². The number of aromatic nitrogens is 2. The molecule has 0 spiro atoms. The molecule has 0 saturated heterocycles. The standard InChI is InChI=1S/C34H41N3O9Si/c1-9-34(45-27(39)13-14-35-32(42)46-33(4,5)6)24-16-26-28-22(17-37(26)30(40)23(24)18-43-31(34)41)29(47(7,8)10-2)21-15-20(44-19(3)38)11-12-25(21)36-28/h11-12,15-16H,9-10,13-14,17-18H2,1-8H3,(H,35,42)/t34-/m0/s1. The van der Waals surface area contributed by atoms with Gasteiger partial charge in [0.15, 0.2) is 0 Å². The van der Waals surface area contributed by atoms with Gasteiger partial charge in [-0.2, -0.15) is 0 Å². The summed E-state index contributed by atoms with van der Waals surface area (Å²) in [6.45, 7) is 14.8. The monoisotopic (exact) mass is 663 g/mol. The Hall–Kier alpha value is -4.52. The molecule has 0 bridgehead atoms. The number of cyclic esters (lactones) is 1. The highest BCUT2D eigenvalue weighted by Gasteiger charge is 2.50. The van der Waals surface area contributed by atoms with E-state index >= 15 is 0 Å². The lowest BCUT2D eigenvalue weighted by Crippen LogP contribution is -2.47. The zero-order valence-electron chi connectivity index (χ0n) is 28.1. The second kappa shape index (κ2) is 12.3. The number of nitrogens with one attached hydrogen (secondary N) is 1. The van der Waals surface area contributed by atoms with Crippen molar-refractivity contribution in [2.45, 2.75) is 97.9 Å². The maximum atomic E-state index is 14.1. The van der Waals surface area contributed by atoms with Crippen molar-refractivity contribution in [1.29, 1.82) is 0 Å². The number of carbonyl (C=O) groups is 4. The quantitative estimate of drug-likeness (QED) is 0.124. The van der Waals surface area contributed by atoms with Gasteiger partial charge in [-0.25, -0.2) is 14.6 Å². The molecule has 1 N–H and O–H groups in total. The van der Waals surface area contributed by atoms with Crippen LogP contribution in [0.3, 0.4) is 0 Å². The van der Waals surface area contributed by atoms with E-state index in [4.69, 9.17) is 23.9 Å². The van der Waals surface area contributed by atoms with E-state index in [2.05, 4.69) is 25.3 Å². The van der Waals surface area contributed by atoms with Crippen LogP contribution in [0.25, 0.3) is 22.3 Å². The first-order valence-corrected chi connectivity index (χ1v) is 19.0. The molecule has 2 aliphatic rings. The maximum absolute atomic E-state index is 14.1. The Morgan fingerprint density at radius 2 is 1.83 bits per heavy atom. The lowest BCUT2D eigenvalue weighted by molar-refractivity contribution is -0.189. The molecule has 2 aliphatic heterocycles. The largest absolute Gasteiger partial charge is 0.457 e. The number of amides is 1. The third kappa shape index (κ3) is 6.28. The van der Waals surface area contributed by atoms with Crippen LogP contribution in [0.4, 0.5) is 4.79 Å². The van der Waals surface area contributed by atoms with E-state index in [1.807, 2.05) is 6.07 Å². The number of benzene rings is 1. The fourth-order valence-electron chi connectivity index (χ4n) is 6.22. The van der Waals surface area contributed by atoms with Gasteiger partial charge >= 0.3 is 24.0 Å². The van der Waals surface area contributed by atoms with Crippen molar-refractivity contribution in [2.75, 3.05) is 6.54 Å². The van der Waals surface area contributed by atoms with Gasteiger partial charge in [-0.05, 0) is 62.2 Å². The molecule has 0 aliphatic carbocycles. The number of nitrogens with zero attached hydrogens (tertiary/aromatic N) is 2. The summed E-state index contributed by atoms with van der Waals surface area (Å²) in [5, 5.41) is 4.51. The van der Waals surface area contributed by atoms with Gasteiger partial charge in [0.05, 0.1) is 43.5 Å². The van der Waals surface area contributed by atoms with E-state index in [-0.39, 0.29) is 49.2 Å². The Bertz CT molecular complexity index is 1880. The number of hydrogen-bond acceptors (Lipinski definition) is 10. The Balaban J connectivity index is 1.58. The number of hydrogen-bond donors (Lipinski definition) is 1. The molecule has 250 valence electrons. The van der Waals surface area contributed by atoms with E-state index in [9.17, 15) is 24.0 Å². The predicted molar refractivity (Wildman–Crippen MR) is 176 cm³/mol. The predicted octanol–water partition coefficient (Wildman–Crippen LogP) is 4.41. The molecule has 0 fully saturated rings. The molecule has 12 nitrogen and oxygen atoms in total. The third-order valence-corrected chi connectivity index (χ3v) is 12.4. The molecule has 4 heterocycles. The Labute approximate surface area is 273 Å². The van der Waals surface area contributed by atoms with Crippen LogP contribution in [-0.2, 0) is 47.3 Å². The summed E-state index contributed by atoms with van der Waals surface area (Å²) in [6, 6.07) is 7.98. The van der Waals surface area contributed by atoms with Gasteiger partial charge < -0.3 is 28.8 Å². The minimum absolute atomic E-state index is 0.0188. The molecule has 1 aromatic carbocycles. The van der Waals surface area contributed by atoms with Crippen LogP contribution < -0.4 is 20.8 Å². The summed E-state index contributed by atoms with van der Waals surface area (Å²) in [7, 11) is -2.11. The highest BCUT2D eigenvalue weighted by Crippen LogP contribution is 2.41. The summed E-state index contributed by atoms with van der Waals surface area (Å²) in [5.74, 6) is -1.52. The van der Waals surface area contributed by atoms with Gasteiger partial charge in [0.25, 0.3) is 5.56 Å². The van der Waals surface area contributed by atoms with Crippen molar-refractivity contribution in [3.63, 3.8) is 0 Å². The van der Waals surface area contributed by atoms with Crippen molar-refractivity contribution in [1.82, 2.24) is 14.9 Å². The average molecular weight is 664 g/mol. The first-order chi connectivity index (χ1) is 22.0. The maximum Gasteiger partial charge on any atom is 0.407 e. The summed E-state index contributed by atoms with van der Waals surface area (Å²) in [5.41, 5.74) is 0.336. The lowest BCUT2D eigenvalue weighted by atomic mass is 9.85. The first-order valence-electron chi connectivity index (χ1n) is 15.8. The second-order valence-corrected chi connectivity index (χ2v) is 18.5. The van der Waals surface area contributed by atoms with Crippen LogP contribution >= 0.6 is 0 Å². The van der Waals surface area contributed by atoms with E-state index < -0.39 is 43.3 Å². The van der Waals surface area contributed by atoms with Gasteiger partial charge in [-0.15, -0.1) is 0 Å². The highest BCUT2D eigenvalue weighted by atomic mass is 28.3. The fourth-order valence-corrected chi connectivity index (χ4v) is 8.52. The number of ether oxygens (including phenoxy) is 4. The molecule has 3 aromatic rings. The number of carbonyl (C=O) groups excluding carboxylic acids is 4. The number of pyridine rings is 2. The molecule has 47 heavy (non-hydrogen) atoms. The molecule has 1 amide bonds. The zero-order chi connectivity index (χ0) is 34.5. The van der Waals surface area contributed by atoms with Crippen molar-refractivity contribution in [2.24, 2.45) is 0 Å². The Kier molecular flexibility index (Phi) is 8.82. The number of esters is 3. The minimum atomic E-state index is -2.11. The van der Waals surface area contributed by atoms with Crippen molar-refractivity contribution >= 4 is 48.2 Å². The molecular formula is C34H41N3O9Si. The molecule has 0 radical (unpaired) electrons. The summed E-state index contributed by atoms with van der Waals surface area (Å²) >= 11 is 0. The van der Waals surface area contributed by atoms with Crippen LogP contribution in [-0.4, -0.2) is 53.8 Å². The molecular weight excluding hydrogens is 622 g/mol. The van der Waals surface area contributed by atoms with Gasteiger partial charge in [-0.3, -0.25) is 14.4 Å². The molecule has 1 atom stereocenters. The average Bonchev–Trinajstić information content (AvgIpc) is 3.34. The van der Waals surface area contributed by atoms with Crippen molar-refractivity contribution in [3.8, 4) is 17.1 Å². The fraction of sp³-hybridized carbons (Fsp3) is 0.471. The minimum Gasteiger partial charge on any atom is -0.457 e. The zero-order valence-corrected chi connectivity index (χ0v) is 29.1. The van der Waals surface area contributed by atoms with Crippen LogP contribution in [0.2, 0.25) is 19.1 Å². The summed E-state index contributed by atoms with van der Waals surface area (Å²) < 4.78 is 23.6. The molecule has 13 heteroatoms. The third-order valence-electron chi connectivity index (χ3n) is 8.73. The van der Waals surface area contributed by atoms with Gasteiger partial charge in [-0.1, -0.05) is 33.0 Å². The topological polar surface area (TPSA) is 152 Å². The van der Waals surface area contributed by atoms with Crippen LogP contribution in [0.15, 0.2) is 29.1 Å². The summed E-state index contributed by atoms with van der Waals surface area (Å²) in [6.07, 6.45) is -0.902. The lowest BCUT2D eigenvalue weighted by Gasteiger charge is -2.35. The van der Waals surface area contributed by atoms with Crippen LogP contribution in [0, 0.1) is 0 Å². The van der Waals surface area contributed by atoms with Crippen molar-refractivity contribution in [3.05, 3.63) is 51.3 Å². The van der Waals surface area contributed by atoms with E-state index in [0.717, 1.165) is 22.2 Å². The molecule has 0 unspecified atom stereocenters. The smallest absolute Gasteiger partial charge is 0.407 e. The molecule has 5 rings (SSSR count). The first kappa shape index (κ1) is 33.8.